The van der Waals surface area contributed by atoms with Gasteiger partial charge in [-0.3, -0.25) is 0 Å². The first-order chi connectivity index (χ1) is 8.80. The Balaban J connectivity index is 2.69. The highest BCUT2D eigenvalue weighted by Gasteiger charge is 2.38. The molecule has 1 fully saturated rings. The molecule has 0 aromatic rings. The Bertz CT molecular complexity index is 368. The summed E-state index contributed by atoms with van der Waals surface area (Å²) in [4.78, 5) is 0. The molecule has 1 saturated heterocycles. The van der Waals surface area contributed by atoms with E-state index in [9.17, 15) is 8.42 Å². The minimum atomic E-state index is -3.31. The highest BCUT2D eigenvalue weighted by molar-refractivity contribution is 7.89. The van der Waals surface area contributed by atoms with Crippen LogP contribution in [-0.2, 0) is 24.2 Å². The lowest BCUT2D eigenvalue weighted by Gasteiger charge is -2.41. The van der Waals surface area contributed by atoms with Crippen LogP contribution in [0.3, 0.4) is 0 Å². The van der Waals surface area contributed by atoms with E-state index in [1.165, 1.54) is 4.31 Å². The van der Waals surface area contributed by atoms with E-state index in [0.29, 0.717) is 26.3 Å². The van der Waals surface area contributed by atoms with Gasteiger partial charge >= 0.3 is 0 Å². The fraction of sp³-hybridized carbons (Fsp3) is 1.00. The van der Waals surface area contributed by atoms with Gasteiger partial charge in [-0.25, -0.2) is 8.42 Å². The summed E-state index contributed by atoms with van der Waals surface area (Å²) in [5.41, 5.74) is -0.500. The van der Waals surface area contributed by atoms with Gasteiger partial charge in [-0.2, -0.15) is 4.31 Å². The third-order valence-corrected chi connectivity index (χ3v) is 4.63. The van der Waals surface area contributed by atoms with E-state index in [0.717, 1.165) is 0 Å². The van der Waals surface area contributed by atoms with Gasteiger partial charge in [0.2, 0.25) is 10.0 Å². The summed E-state index contributed by atoms with van der Waals surface area (Å²) in [6.45, 7) is 7.47. The second-order valence-corrected chi connectivity index (χ2v) is 7.35. The molecule has 1 unspecified atom stereocenters. The maximum absolute atomic E-state index is 12.2. The van der Waals surface area contributed by atoms with Crippen LogP contribution in [0.25, 0.3) is 0 Å². The van der Waals surface area contributed by atoms with Crippen LogP contribution >= 0.6 is 0 Å². The molecule has 6 nitrogen and oxygen atoms in total. The van der Waals surface area contributed by atoms with Gasteiger partial charge in [-0.1, -0.05) is 0 Å². The Hall–Kier alpha value is -0.210. The Morgan fingerprint density at radius 1 is 1.42 bits per heavy atom. The molecular formula is C12H25NO5S. The average molecular weight is 295 g/mol. The van der Waals surface area contributed by atoms with Crippen molar-refractivity contribution in [3.8, 4) is 0 Å². The van der Waals surface area contributed by atoms with Gasteiger partial charge in [-0.05, 0) is 20.8 Å². The predicted molar refractivity (Wildman–Crippen MR) is 72.7 cm³/mol. The fourth-order valence-electron chi connectivity index (χ4n) is 2.16. The monoisotopic (exact) mass is 295 g/mol. The maximum Gasteiger partial charge on any atom is 0.216 e. The number of morpholine rings is 1. The van der Waals surface area contributed by atoms with Crippen molar-refractivity contribution in [3.05, 3.63) is 0 Å². The van der Waals surface area contributed by atoms with Crippen LogP contribution in [0.4, 0.5) is 0 Å². The smallest absolute Gasteiger partial charge is 0.216 e. The summed E-state index contributed by atoms with van der Waals surface area (Å²) in [6.07, 6.45) is -0.226. The van der Waals surface area contributed by atoms with E-state index in [-0.39, 0.29) is 18.5 Å². The van der Waals surface area contributed by atoms with Crippen molar-refractivity contribution in [2.24, 2.45) is 0 Å². The second-order valence-electron chi connectivity index (χ2n) is 5.26. The van der Waals surface area contributed by atoms with Crippen LogP contribution in [-0.4, -0.2) is 70.2 Å². The third kappa shape index (κ3) is 5.35. The number of methoxy groups -OCH3 is 1. The lowest BCUT2D eigenvalue weighted by molar-refractivity contribution is -0.135. The normalized spacial score (nSPS) is 24.5. The van der Waals surface area contributed by atoms with Crippen LogP contribution < -0.4 is 0 Å². The predicted octanol–water partition coefficient (Wildman–Crippen LogP) is 0.479. The molecule has 0 bridgehead atoms. The summed E-state index contributed by atoms with van der Waals surface area (Å²) in [7, 11) is -1.72. The van der Waals surface area contributed by atoms with E-state index in [2.05, 4.69) is 0 Å². The van der Waals surface area contributed by atoms with E-state index >= 15 is 0 Å². The third-order valence-electron chi connectivity index (χ3n) is 2.89. The van der Waals surface area contributed by atoms with Gasteiger partial charge < -0.3 is 14.2 Å². The number of hydrogen-bond acceptors (Lipinski definition) is 5. The van der Waals surface area contributed by atoms with E-state index < -0.39 is 15.6 Å². The topological polar surface area (TPSA) is 65.1 Å². The molecule has 7 heteroatoms. The zero-order valence-corrected chi connectivity index (χ0v) is 13.0. The average Bonchev–Trinajstić information content (AvgIpc) is 2.27. The zero-order chi connectivity index (χ0) is 14.5. The van der Waals surface area contributed by atoms with Crippen molar-refractivity contribution < 1.29 is 22.6 Å². The van der Waals surface area contributed by atoms with Crippen molar-refractivity contribution in [2.45, 2.75) is 32.5 Å². The van der Waals surface area contributed by atoms with E-state index in [4.69, 9.17) is 14.2 Å². The van der Waals surface area contributed by atoms with Gasteiger partial charge in [0.25, 0.3) is 0 Å². The lowest BCUT2D eigenvalue weighted by atomic mass is 10.1. The first-order valence-electron chi connectivity index (χ1n) is 6.53. The Labute approximate surface area is 116 Å². The summed E-state index contributed by atoms with van der Waals surface area (Å²) in [5, 5.41) is 0. The molecule has 1 aliphatic rings. The van der Waals surface area contributed by atoms with Crippen LogP contribution in [0.15, 0.2) is 0 Å². The molecule has 114 valence electrons. The first kappa shape index (κ1) is 16.8. The molecule has 0 aliphatic carbocycles. The molecule has 0 spiro atoms. The van der Waals surface area contributed by atoms with Crippen LogP contribution in [0.5, 0.6) is 0 Å². The summed E-state index contributed by atoms with van der Waals surface area (Å²) < 4.78 is 42.0. The van der Waals surface area contributed by atoms with Gasteiger partial charge in [0, 0.05) is 26.8 Å². The van der Waals surface area contributed by atoms with Crippen LogP contribution in [0.1, 0.15) is 20.8 Å². The zero-order valence-electron chi connectivity index (χ0n) is 12.2. The SMILES string of the molecule is CCOCCS(=O)(=O)N1CC(COC)OC(C)(C)C1. The van der Waals surface area contributed by atoms with E-state index in [1.807, 2.05) is 20.8 Å². The number of hydrogen-bond donors (Lipinski definition) is 0. The van der Waals surface area contributed by atoms with Gasteiger partial charge in [0.1, 0.15) is 0 Å². The van der Waals surface area contributed by atoms with Gasteiger partial charge in [-0.15, -0.1) is 0 Å². The van der Waals surface area contributed by atoms with Crippen molar-refractivity contribution >= 4 is 10.0 Å². The second kappa shape index (κ2) is 6.99. The standard InChI is InChI=1S/C12H25NO5S/c1-5-17-6-7-19(14,15)13-8-11(9-16-4)18-12(2,3)10-13/h11H,5-10H2,1-4H3. The van der Waals surface area contributed by atoms with Crippen LogP contribution in [0, 0.1) is 0 Å². The number of nitrogens with zero attached hydrogens (tertiary/aromatic N) is 1. The highest BCUT2D eigenvalue weighted by Crippen LogP contribution is 2.23. The quantitative estimate of drug-likeness (QED) is 0.639. The molecule has 19 heavy (non-hydrogen) atoms. The largest absolute Gasteiger partial charge is 0.382 e. The van der Waals surface area contributed by atoms with E-state index in [1.54, 1.807) is 7.11 Å². The van der Waals surface area contributed by atoms with Crippen molar-refractivity contribution in [1.82, 2.24) is 4.31 Å². The maximum atomic E-state index is 12.2. The molecule has 0 N–H and O–H groups in total. The minimum absolute atomic E-state index is 0.0105. The first-order valence-corrected chi connectivity index (χ1v) is 8.14. The molecule has 1 aliphatic heterocycles. The molecule has 1 heterocycles. The number of sulfonamides is 1. The minimum Gasteiger partial charge on any atom is -0.382 e. The molecule has 0 radical (unpaired) electrons. The molecule has 0 saturated carbocycles. The molecule has 0 aromatic carbocycles. The van der Waals surface area contributed by atoms with Gasteiger partial charge in [0.15, 0.2) is 0 Å². The summed E-state index contributed by atoms with van der Waals surface area (Å²) in [6, 6.07) is 0. The van der Waals surface area contributed by atoms with Crippen molar-refractivity contribution in [2.75, 3.05) is 45.8 Å². The summed E-state index contributed by atoms with van der Waals surface area (Å²) >= 11 is 0. The van der Waals surface area contributed by atoms with Crippen molar-refractivity contribution in [3.63, 3.8) is 0 Å². The summed E-state index contributed by atoms with van der Waals surface area (Å²) in [5.74, 6) is 0.0105. The Morgan fingerprint density at radius 3 is 2.68 bits per heavy atom. The van der Waals surface area contributed by atoms with Crippen molar-refractivity contribution in [1.29, 1.82) is 0 Å². The Morgan fingerprint density at radius 2 is 2.11 bits per heavy atom. The number of ether oxygens (including phenoxy) is 3. The fourth-order valence-corrected chi connectivity index (χ4v) is 3.65. The highest BCUT2D eigenvalue weighted by atomic mass is 32.2. The molecule has 0 aromatic heterocycles. The Kier molecular flexibility index (Phi) is 6.19. The van der Waals surface area contributed by atoms with Gasteiger partial charge in [0.05, 0.1) is 30.7 Å². The molecule has 1 atom stereocenters. The van der Waals surface area contributed by atoms with Crippen LogP contribution in [0.2, 0.25) is 0 Å². The molecule has 1 rings (SSSR count). The molecule has 0 amide bonds. The number of rotatable bonds is 7. The lowest BCUT2D eigenvalue weighted by Crippen LogP contribution is -2.56. The molecular weight excluding hydrogens is 270 g/mol.